The molecule has 0 bridgehead atoms. The van der Waals surface area contributed by atoms with Gasteiger partial charge in [0.2, 0.25) is 0 Å². The van der Waals surface area contributed by atoms with Crippen LogP contribution in [-0.2, 0) is 0 Å². The molecule has 54 valence electrons. The summed E-state index contributed by atoms with van der Waals surface area (Å²) in [7, 11) is 0. The first-order valence-corrected chi connectivity index (χ1v) is 3.72. The summed E-state index contributed by atoms with van der Waals surface area (Å²) in [5, 5.41) is 0. The fourth-order valence-electron chi connectivity index (χ4n) is 0.822. The van der Waals surface area contributed by atoms with Gasteiger partial charge in [-0.1, -0.05) is 33.8 Å². The van der Waals surface area contributed by atoms with Crippen molar-refractivity contribution in [1.29, 1.82) is 0 Å². The van der Waals surface area contributed by atoms with Crippen LogP contribution in [0.2, 0.25) is 0 Å². The van der Waals surface area contributed by atoms with Crippen molar-refractivity contribution in [3.8, 4) is 0 Å². The van der Waals surface area contributed by atoms with Crippen LogP contribution in [-0.4, -0.2) is 0 Å². The van der Waals surface area contributed by atoms with Crippen molar-refractivity contribution in [2.45, 2.75) is 27.7 Å². The summed E-state index contributed by atoms with van der Waals surface area (Å²) in [5.74, 6) is 2.20. The van der Waals surface area contributed by atoms with Crippen LogP contribution >= 0.6 is 0 Å². The maximum Gasteiger partial charge on any atom is -0.0236 e. The number of rotatable bonds is 3. The minimum Gasteiger partial charge on any atom is -0.103 e. The van der Waals surface area contributed by atoms with Crippen LogP contribution in [0.5, 0.6) is 0 Å². The third kappa shape index (κ3) is 2.69. The minimum atomic E-state index is 0.657. The van der Waals surface area contributed by atoms with Crippen molar-refractivity contribution in [2.75, 3.05) is 0 Å². The van der Waals surface area contributed by atoms with Crippen LogP contribution in [0.15, 0.2) is 12.7 Å². The Morgan fingerprint density at radius 3 is 1.67 bits per heavy atom. The van der Waals surface area contributed by atoms with Gasteiger partial charge in [0.15, 0.2) is 0 Å². The lowest BCUT2D eigenvalue weighted by atomic mass is 9.86. The number of hydrogen-bond donors (Lipinski definition) is 0. The Hall–Kier alpha value is -0.260. The molecule has 0 rings (SSSR count). The van der Waals surface area contributed by atoms with Gasteiger partial charge in [0.1, 0.15) is 0 Å². The minimum absolute atomic E-state index is 0.657. The van der Waals surface area contributed by atoms with Gasteiger partial charge in [-0.25, -0.2) is 0 Å². The third-order valence-electron chi connectivity index (χ3n) is 2.25. The van der Waals surface area contributed by atoms with Crippen molar-refractivity contribution in [3.05, 3.63) is 12.7 Å². The third-order valence-corrected chi connectivity index (χ3v) is 2.25. The summed E-state index contributed by atoms with van der Waals surface area (Å²) in [6.07, 6.45) is 2.03. The van der Waals surface area contributed by atoms with Gasteiger partial charge in [0.25, 0.3) is 0 Å². The Labute approximate surface area is 59.0 Å². The van der Waals surface area contributed by atoms with Crippen LogP contribution in [0, 0.1) is 17.8 Å². The molecule has 0 aromatic rings. The fourth-order valence-corrected chi connectivity index (χ4v) is 0.822. The molecule has 9 heavy (non-hydrogen) atoms. The maximum atomic E-state index is 3.76. The quantitative estimate of drug-likeness (QED) is 0.510. The van der Waals surface area contributed by atoms with E-state index in [1.807, 2.05) is 6.08 Å². The monoisotopic (exact) mass is 126 g/mol. The summed E-state index contributed by atoms with van der Waals surface area (Å²) in [6, 6.07) is 0. The second kappa shape index (κ2) is 3.71. The van der Waals surface area contributed by atoms with E-state index in [-0.39, 0.29) is 0 Å². The number of hydrogen-bond acceptors (Lipinski definition) is 0. The van der Waals surface area contributed by atoms with Crippen LogP contribution in [0.25, 0.3) is 0 Å². The SMILES string of the molecule is C=C[C@@H](C)[C@@H](C)C(C)C. The van der Waals surface area contributed by atoms with Gasteiger partial charge in [-0.2, -0.15) is 0 Å². The first kappa shape index (κ1) is 8.74. The Kier molecular flexibility index (Phi) is 3.60. The summed E-state index contributed by atoms with van der Waals surface area (Å²) in [6.45, 7) is 12.8. The highest BCUT2D eigenvalue weighted by Gasteiger charge is 2.11. The molecule has 0 heteroatoms. The molecule has 0 aromatic heterocycles. The lowest BCUT2D eigenvalue weighted by Gasteiger charge is -2.19. The Balaban J connectivity index is 3.71. The normalized spacial score (nSPS) is 17.4. The fraction of sp³-hybridized carbons (Fsp3) is 0.778. The summed E-state index contributed by atoms with van der Waals surface area (Å²) < 4.78 is 0. The molecule has 0 aliphatic rings. The molecular formula is C9H18. The van der Waals surface area contributed by atoms with Gasteiger partial charge in [0.05, 0.1) is 0 Å². The molecule has 0 saturated heterocycles. The van der Waals surface area contributed by atoms with Gasteiger partial charge in [-0.05, 0) is 17.8 Å². The topological polar surface area (TPSA) is 0 Å². The van der Waals surface area contributed by atoms with E-state index in [0.717, 1.165) is 11.8 Å². The number of allylic oxidation sites excluding steroid dienone is 1. The van der Waals surface area contributed by atoms with E-state index < -0.39 is 0 Å². The van der Waals surface area contributed by atoms with Crippen LogP contribution in [0.1, 0.15) is 27.7 Å². The highest BCUT2D eigenvalue weighted by Crippen LogP contribution is 2.19. The first-order valence-electron chi connectivity index (χ1n) is 3.72. The van der Waals surface area contributed by atoms with Crippen molar-refractivity contribution < 1.29 is 0 Å². The van der Waals surface area contributed by atoms with Crippen molar-refractivity contribution in [2.24, 2.45) is 17.8 Å². The molecule has 0 radical (unpaired) electrons. The molecule has 0 aromatic carbocycles. The summed E-state index contributed by atoms with van der Waals surface area (Å²) in [5.41, 5.74) is 0. The van der Waals surface area contributed by atoms with E-state index in [9.17, 15) is 0 Å². The standard InChI is InChI=1S/C9H18/c1-6-8(4)9(5)7(2)3/h6-9H,1H2,2-5H3/t8-,9+/m1/s1. The molecule has 0 fully saturated rings. The van der Waals surface area contributed by atoms with E-state index >= 15 is 0 Å². The molecule has 0 aliphatic heterocycles. The van der Waals surface area contributed by atoms with Gasteiger partial charge in [-0.15, -0.1) is 6.58 Å². The summed E-state index contributed by atoms with van der Waals surface area (Å²) in [4.78, 5) is 0. The van der Waals surface area contributed by atoms with E-state index in [1.165, 1.54) is 0 Å². The average Bonchev–Trinajstić information content (AvgIpc) is 1.84. The molecule has 0 heterocycles. The van der Waals surface area contributed by atoms with Crippen molar-refractivity contribution in [1.82, 2.24) is 0 Å². The molecule has 0 nitrogen and oxygen atoms in total. The molecule has 0 aliphatic carbocycles. The zero-order chi connectivity index (χ0) is 7.44. The van der Waals surface area contributed by atoms with Gasteiger partial charge >= 0.3 is 0 Å². The second-order valence-electron chi connectivity index (χ2n) is 3.20. The van der Waals surface area contributed by atoms with Crippen LogP contribution in [0.4, 0.5) is 0 Å². The first-order chi connectivity index (χ1) is 4.09. The predicted molar refractivity (Wildman–Crippen MR) is 43.4 cm³/mol. The lowest BCUT2D eigenvalue weighted by molar-refractivity contribution is 0.343. The van der Waals surface area contributed by atoms with E-state index in [0.29, 0.717) is 5.92 Å². The Morgan fingerprint density at radius 2 is 1.56 bits per heavy atom. The second-order valence-corrected chi connectivity index (χ2v) is 3.20. The van der Waals surface area contributed by atoms with E-state index in [4.69, 9.17) is 0 Å². The van der Waals surface area contributed by atoms with E-state index in [2.05, 4.69) is 34.3 Å². The molecule has 0 N–H and O–H groups in total. The molecular weight excluding hydrogens is 108 g/mol. The smallest absolute Gasteiger partial charge is 0.0236 e. The predicted octanol–water partition coefficient (Wildman–Crippen LogP) is 3.10. The molecule has 0 saturated carbocycles. The molecule has 0 amide bonds. The van der Waals surface area contributed by atoms with Gasteiger partial charge < -0.3 is 0 Å². The van der Waals surface area contributed by atoms with Crippen LogP contribution in [0.3, 0.4) is 0 Å². The van der Waals surface area contributed by atoms with E-state index in [1.54, 1.807) is 0 Å². The van der Waals surface area contributed by atoms with Gasteiger partial charge in [0, 0.05) is 0 Å². The maximum absolute atomic E-state index is 3.76. The average molecular weight is 126 g/mol. The zero-order valence-corrected chi connectivity index (χ0v) is 7.02. The van der Waals surface area contributed by atoms with Gasteiger partial charge in [-0.3, -0.25) is 0 Å². The molecule has 2 atom stereocenters. The molecule has 0 unspecified atom stereocenters. The Bertz CT molecular complexity index is 82.0. The zero-order valence-electron chi connectivity index (χ0n) is 7.02. The highest BCUT2D eigenvalue weighted by atomic mass is 14.2. The highest BCUT2D eigenvalue weighted by molar-refractivity contribution is 4.80. The summed E-state index contributed by atoms with van der Waals surface area (Å²) >= 11 is 0. The Morgan fingerprint density at radius 1 is 1.11 bits per heavy atom. The van der Waals surface area contributed by atoms with Crippen molar-refractivity contribution in [3.63, 3.8) is 0 Å². The molecule has 0 spiro atoms. The van der Waals surface area contributed by atoms with Crippen LogP contribution < -0.4 is 0 Å². The lowest BCUT2D eigenvalue weighted by Crippen LogP contribution is -2.11. The van der Waals surface area contributed by atoms with Crippen molar-refractivity contribution >= 4 is 0 Å². The largest absolute Gasteiger partial charge is 0.103 e.